The molecule has 0 aromatic heterocycles. The zero-order valence-corrected chi connectivity index (χ0v) is 9.34. The third-order valence-corrected chi connectivity index (χ3v) is 2.18. The van der Waals surface area contributed by atoms with Crippen molar-refractivity contribution < 1.29 is 0 Å². The lowest BCUT2D eigenvalue weighted by Gasteiger charge is -1.97. The van der Waals surface area contributed by atoms with Crippen molar-refractivity contribution >= 4 is 0 Å². The summed E-state index contributed by atoms with van der Waals surface area (Å²) in [6.07, 6.45) is 18.5. The Labute approximate surface area is 89.4 Å². The molecule has 14 heavy (non-hydrogen) atoms. The van der Waals surface area contributed by atoms with Gasteiger partial charge in [0.2, 0.25) is 0 Å². The standard InChI is InChI=1S/C14H22/c1-3-5-7-9-11-13-14-12-10-8-6-4-2/h4,6,8,10,12H,3,5,7,9,11,13-14H2,1H3. The summed E-state index contributed by atoms with van der Waals surface area (Å²) < 4.78 is 0. The summed E-state index contributed by atoms with van der Waals surface area (Å²) >= 11 is 0. The maximum Gasteiger partial charge on any atom is -0.00990 e. The molecule has 0 rings (SSSR count). The van der Waals surface area contributed by atoms with Crippen LogP contribution < -0.4 is 0 Å². The highest BCUT2D eigenvalue weighted by Gasteiger charge is 1.87. The van der Waals surface area contributed by atoms with Crippen LogP contribution in [0.15, 0.2) is 30.4 Å². The van der Waals surface area contributed by atoms with E-state index in [0.29, 0.717) is 0 Å². The molecule has 0 aromatic carbocycles. The predicted octanol–water partition coefficient (Wildman–Crippen LogP) is 4.72. The van der Waals surface area contributed by atoms with E-state index < -0.39 is 0 Å². The first-order valence-electron chi connectivity index (χ1n) is 5.74. The van der Waals surface area contributed by atoms with Crippen LogP contribution in [0.3, 0.4) is 0 Å². The Balaban J connectivity index is 3.08. The lowest BCUT2D eigenvalue weighted by molar-refractivity contribution is 0.611. The molecular weight excluding hydrogens is 168 g/mol. The number of rotatable bonds is 9. The van der Waals surface area contributed by atoms with Crippen LogP contribution in [0.1, 0.15) is 51.9 Å². The molecule has 0 atom stereocenters. The fraction of sp³-hybridized carbons (Fsp3) is 0.571. The van der Waals surface area contributed by atoms with Crippen LogP contribution in [-0.2, 0) is 0 Å². The van der Waals surface area contributed by atoms with Crippen molar-refractivity contribution in [3.63, 3.8) is 0 Å². The zero-order valence-electron chi connectivity index (χ0n) is 9.34. The molecule has 0 aliphatic rings. The summed E-state index contributed by atoms with van der Waals surface area (Å²) in [6, 6.07) is 0. The molecule has 0 nitrogen and oxygen atoms in total. The maximum absolute atomic E-state index is 6.77. The smallest absolute Gasteiger partial charge is 0.00990 e. The van der Waals surface area contributed by atoms with E-state index in [0.717, 1.165) is 0 Å². The van der Waals surface area contributed by atoms with Gasteiger partial charge in [0.15, 0.2) is 0 Å². The average molecular weight is 190 g/mol. The van der Waals surface area contributed by atoms with Crippen LogP contribution in [0.25, 0.3) is 0 Å². The monoisotopic (exact) mass is 190 g/mol. The minimum absolute atomic E-state index is 1.18. The highest BCUT2D eigenvalue weighted by molar-refractivity contribution is 5.07. The van der Waals surface area contributed by atoms with Crippen molar-refractivity contribution in [2.45, 2.75) is 51.9 Å². The Bertz CT molecular complexity index is 163. The van der Waals surface area contributed by atoms with Gasteiger partial charge >= 0.3 is 0 Å². The Kier molecular flexibility index (Phi) is 11.5. The van der Waals surface area contributed by atoms with Crippen molar-refractivity contribution in [3.8, 4) is 0 Å². The first-order valence-corrected chi connectivity index (χ1v) is 5.74. The highest BCUT2D eigenvalue weighted by Crippen LogP contribution is 2.06. The maximum atomic E-state index is 6.77. The molecule has 0 aliphatic carbocycles. The number of hydrogen-bond acceptors (Lipinski definition) is 0. The fourth-order valence-corrected chi connectivity index (χ4v) is 1.34. The molecule has 0 bridgehead atoms. The van der Waals surface area contributed by atoms with Crippen LogP contribution in [0.5, 0.6) is 0 Å². The van der Waals surface area contributed by atoms with E-state index in [2.05, 4.69) is 13.0 Å². The molecule has 0 spiro atoms. The summed E-state index contributed by atoms with van der Waals surface area (Å²) in [7, 11) is 0. The zero-order chi connectivity index (χ0) is 10.5. The Hall–Kier alpha value is -0.780. The van der Waals surface area contributed by atoms with E-state index >= 15 is 0 Å². The van der Waals surface area contributed by atoms with Gasteiger partial charge in [-0.05, 0) is 19.4 Å². The van der Waals surface area contributed by atoms with Gasteiger partial charge in [-0.2, -0.15) is 0 Å². The Morgan fingerprint density at radius 1 is 0.857 bits per heavy atom. The number of unbranched alkanes of at least 4 members (excludes halogenated alkanes) is 6. The molecule has 0 heterocycles. The topological polar surface area (TPSA) is 0 Å². The summed E-state index contributed by atoms with van der Waals surface area (Å²) in [5.41, 5.74) is 0. The minimum Gasteiger partial charge on any atom is -0.0845 e. The molecule has 0 aliphatic heterocycles. The molecule has 0 fully saturated rings. The molecule has 0 aromatic rings. The lowest BCUT2D eigenvalue weighted by atomic mass is 10.1. The largest absolute Gasteiger partial charge is 0.0845 e. The Morgan fingerprint density at radius 3 is 2.29 bits per heavy atom. The van der Waals surface area contributed by atoms with Crippen LogP contribution in [-0.4, -0.2) is 0 Å². The van der Waals surface area contributed by atoms with E-state index in [1.807, 2.05) is 12.2 Å². The van der Waals surface area contributed by atoms with E-state index in [4.69, 9.17) is 6.58 Å². The third-order valence-electron chi connectivity index (χ3n) is 2.18. The van der Waals surface area contributed by atoms with Gasteiger partial charge in [-0.3, -0.25) is 0 Å². The molecule has 0 saturated carbocycles. The van der Waals surface area contributed by atoms with E-state index in [1.54, 1.807) is 6.08 Å². The Morgan fingerprint density at radius 2 is 1.57 bits per heavy atom. The van der Waals surface area contributed by atoms with Gasteiger partial charge in [0.1, 0.15) is 0 Å². The lowest BCUT2D eigenvalue weighted by Crippen LogP contribution is -1.77. The minimum atomic E-state index is 1.18. The highest BCUT2D eigenvalue weighted by atomic mass is 13.9. The van der Waals surface area contributed by atoms with Crippen LogP contribution in [0.4, 0.5) is 0 Å². The average Bonchev–Trinajstić information content (AvgIpc) is 2.21. The quantitative estimate of drug-likeness (QED) is 0.364. The molecule has 0 unspecified atom stereocenters. The molecular formula is C14H22. The fourth-order valence-electron chi connectivity index (χ4n) is 1.34. The normalized spacial score (nSPS) is 11.5. The van der Waals surface area contributed by atoms with Crippen LogP contribution >= 0.6 is 0 Å². The first-order chi connectivity index (χ1) is 6.91. The van der Waals surface area contributed by atoms with Gasteiger partial charge in [-0.25, -0.2) is 0 Å². The number of hydrogen-bond donors (Lipinski definition) is 0. The van der Waals surface area contributed by atoms with E-state index in [9.17, 15) is 0 Å². The van der Waals surface area contributed by atoms with Crippen molar-refractivity contribution in [2.75, 3.05) is 0 Å². The SMILES string of the molecule is [C]=CC=CC=CCCCCCCCC. The summed E-state index contributed by atoms with van der Waals surface area (Å²) in [5.74, 6) is 0. The number of allylic oxidation sites excluding steroid dienone is 5. The van der Waals surface area contributed by atoms with Gasteiger partial charge < -0.3 is 0 Å². The van der Waals surface area contributed by atoms with Gasteiger partial charge in [0.25, 0.3) is 0 Å². The van der Waals surface area contributed by atoms with E-state index in [1.165, 1.54) is 51.0 Å². The van der Waals surface area contributed by atoms with Crippen molar-refractivity contribution in [2.24, 2.45) is 0 Å². The van der Waals surface area contributed by atoms with Gasteiger partial charge in [0, 0.05) is 0 Å². The molecule has 0 N–H and O–H groups in total. The van der Waals surface area contributed by atoms with Gasteiger partial charge in [0.05, 0.1) is 0 Å². The summed E-state index contributed by atoms with van der Waals surface area (Å²) in [6.45, 7) is 9.02. The second-order valence-electron chi connectivity index (χ2n) is 3.54. The van der Waals surface area contributed by atoms with Crippen molar-refractivity contribution in [1.29, 1.82) is 0 Å². The predicted molar refractivity (Wildman–Crippen MR) is 64.1 cm³/mol. The molecule has 78 valence electrons. The van der Waals surface area contributed by atoms with E-state index in [-0.39, 0.29) is 0 Å². The van der Waals surface area contributed by atoms with Crippen LogP contribution in [0, 0.1) is 6.58 Å². The second kappa shape index (κ2) is 12.2. The van der Waals surface area contributed by atoms with Crippen molar-refractivity contribution in [1.82, 2.24) is 0 Å². The molecule has 0 saturated heterocycles. The van der Waals surface area contributed by atoms with Gasteiger partial charge in [-0.1, -0.05) is 69.4 Å². The van der Waals surface area contributed by atoms with Crippen molar-refractivity contribution in [3.05, 3.63) is 37.0 Å². The van der Waals surface area contributed by atoms with Gasteiger partial charge in [-0.15, -0.1) is 0 Å². The summed E-state index contributed by atoms with van der Waals surface area (Å²) in [5, 5.41) is 0. The first kappa shape index (κ1) is 13.2. The molecule has 0 amide bonds. The third kappa shape index (κ3) is 11.2. The van der Waals surface area contributed by atoms with Crippen LogP contribution in [0.2, 0.25) is 0 Å². The summed E-state index contributed by atoms with van der Waals surface area (Å²) in [4.78, 5) is 0. The second-order valence-corrected chi connectivity index (χ2v) is 3.54. The molecule has 0 heteroatoms. The molecule has 2 radical (unpaired) electrons.